The molecule has 1 fully saturated rings. The molecule has 18 heavy (non-hydrogen) atoms. The number of benzene rings is 1. The van der Waals surface area contributed by atoms with E-state index >= 15 is 0 Å². The molecule has 0 amide bonds. The van der Waals surface area contributed by atoms with E-state index in [0.29, 0.717) is 6.04 Å². The second-order valence-corrected chi connectivity index (χ2v) is 5.82. The molecule has 3 heteroatoms. The van der Waals surface area contributed by atoms with Gasteiger partial charge < -0.3 is 10.0 Å². The molecule has 0 saturated carbocycles. The van der Waals surface area contributed by atoms with Crippen molar-refractivity contribution >= 4 is 5.69 Å². The molecule has 1 atom stereocenters. The summed E-state index contributed by atoms with van der Waals surface area (Å²) in [5.41, 5.74) is 1.43. The fourth-order valence-electron chi connectivity index (χ4n) is 2.65. The average molecular weight is 248 g/mol. The van der Waals surface area contributed by atoms with Crippen LogP contribution in [0.15, 0.2) is 30.3 Å². The van der Waals surface area contributed by atoms with Gasteiger partial charge in [0, 0.05) is 37.0 Å². The molecule has 1 unspecified atom stereocenters. The second kappa shape index (κ2) is 5.29. The molecule has 100 valence electrons. The molecule has 0 aliphatic carbocycles. The minimum Gasteiger partial charge on any atom is -0.396 e. The zero-order valence-electron chi connectivity index (χ0n) is 11.6. The molecule has 0 aromatic heterocycles. The molecule has 1 aromatic carbocycles. The Balaban J connectivity index is 2.24. The van der Waals surface area contributed by atoms with Crippen molar-refractivity contribution in [1.29, 1.82) is 0 Å². The maximum absolute atomic E-state index is 9.25. The van der Waals surface area contributed by atoms with Gasteiger partial charge in [-0.15, -0.1) is 0 Å². The molecule has 0 bridgehead atoms. The van der Waals surface area contributed by atoms with Crippen LogP contribution in [-0.2, 0) is 0 Å². The predicted molar refractivity (Wildman–Crippen MR) is 76.0 cm³/mol. The minimum absolute atomic E-state index is 0.168. The van der Waals surface area contributed by atoms with Crippen molar-refractivity contribution in [2.24, 2.45) is 0 Å². The van der Waals surface area contributed by atoms with Gasteiger partial charge >= 0.3 is 0 Å². The lowest BCUT2D eigenvalue weighted by atomic mass is 9.94. The van der Waals surface area contributed by atoms with Crippen molar-refractivity contribution in [3.8, 4) is 0 Å². The highest BCUT2D eigenvalue weighted by Crippen LogP contribution is 2.28. The molecule has 1 aromatic rings. The van der Waals surface area contributed by atoms with Gasteiger partial charge in [0.15, 0.2) is 0 Å². The maximum Gasteiger partial charge on any atom is 0.0451 e. The first kappa shape index (κ1) is 13.4. The average Bonchev–Trinajstić information content (AvgIpc) is 2.35. The van der Waals surface area contributed by atoms with E-state index in [-0.39, 0.29) is 12.1 Å². The fourth-order valence-corrected chi connectivity index (χ4v) is 2.65. The lowest BCUT2D eigenvalue weighted by Crippen LogP contribution is -2.62. The van der Waals surface area contributed by atoms with E-state index in [4.69, 9.17) is 0 Å². The Morgan fingerprint density at radius 1 is 1.28 bits per heavy atom. The van der Waals surface area contributed by atoms with Crippen LogP contribution in [0.5, 0.6) is 0 Å². The van der Waals surface area contributed by atoms with Gasteiger partial charge in [-0.1, -0.05) is 18.2 Å². The lowest BCUT2D eigenvalue weighted by molar-refractivity contribution is 0.105. The van der Waals surface area contributed by atoms with Crippen molar-refractivity contribution in [2.45, 2.75) is 31.8 Å². The smallest absolute Gasteiger partial charge is 0.0451 e. The van der Waals surface area contributed by atoms with Crippen LogP contribution < -0.4 is 4.90 Å². The van der Waals surface area contributed by atoms with Gasteiger partial charge in [0.1, 0.15) is 0 Å². The summed E-state index contributed by atoms with van der Waals surface area (Å²) < 4.78 is 0. The van der Waals surface area contributed by atoms with Crippen molar-refractivity contribution in [1.82, 2.24) is 4.90 Å². The highest BCUT2D eigenvalue weighted by Gasteiger charge is 2.36. The number of nitrogens with zero attached hydrogens (tertiary/aromatic N) is 2. The summed E-state index contributed by atoms with van der Waals surface area (Å²) in [5.74, 6) is 0. The molecule has 0 spiro atoms. The highest BCUT2D eigenvalue weighted by molar-refractivity contribution is 5.48. The first-order valence-electron chi connectivity index (χ1n) is 6.68. The zero-order chi connectivity index (χ0) is 13.2. The summed E-state index contributed by atoms with van der Waals surface area (Å²) in [6.45, 7) is 6.80. The number of aliphatic hydroxyl groups is 1. The maximum atomic E-state index is 9.25. The van der Waals surface area contributed by atoms with E-state index < -0.39 is 0 Å². The van der Waals surface area contributed by atoms with Gasteiger partial charge in [-0.25, -0.2) is 0 Å². The van der Waals surface area contributed by atoms with Crippen molar-refractivity contribution in [2.75, 3.05) is 31.6 Å². The Morgan fingerprint density at radius 2 is 1.94 bits per heavy atom. The van der Waals surface area contributed by atoms with Crippen molar-refractivity contribution in [3.63, 3.8) is 0 Å². The Bertz CT molecular complexity index is 377. The van der Waals surface area contributed by atoms with E-state index in [1.807, 2.05) is 6.07 Å². The number of para-hydroxylation sites is 1. The number of rotatable bonds is 3. The molecular formula is C15H24N2O. The molecule has 0 radical (unpaired) electrons. The van der Waals surface area contributed by atoms with Gasteiger partial charge in [-0.3, -0.25) is 4.90 Å². The van der Waals surface area contributed by atoms with Gasteiger partial charge in [0.25, 0.3) is 0 Å². The summed E-state index contributed by atoms with van der Waals surface area (Å²) in [5, 5.41) is 9.25. The lowest BCUT2D eigenvalue weighted by Gasteiger charge is -2.50. The Kier molecular flexibility index (Phi) is 3.93. The topological polar surface area (TPSA) is 26.7 Å². The summed E-state index contributed by atoms with van der Waals surface area (Å²) in [6, 6.07) is 10.9. The van der Waals surface area contributed by atoms with Crippen LogP contribution in [0.25, 0.3) is 0 Å². The standard InChI is InChI=1S/C15H24N2O/c1-15(2)12-17(13-7-5-4-6-8-13)14(9-10-18)11-16(15)3/h4-8,14,18H,9-12H2,1-3H3. The van der Waals surface area contributed by atoms with Gasteiger partial charge in [-0.2, -0.15) is 0 Å². The molecule has 1 saturated heterocycles. The Hall–Kier alpha value is -1.06. The number of hydrogen-bond donors (Lipinski definition) is 1. The van der Waals surface area contributed by atoms with E-state index in [1.54, 1.807) is 0 Å². The summed E-state index contributed by atoms with van der Waals surface area (Å²) in [4.78, 5) is 4.84. The van der Waals surface area contributed by atoms with Crippen molar-refractivity contribution < 1.29 is 5.11 Å². The largest absolute Gasteiger partial charge is 0.396 e. The molecule has 2 rings (SSSR count). The highest BCUT2D eigenvalue weighted by atomic mass is 16.3. The third kappa shape index (κ3) is 2.68. The molecular weight excluding hydrogens is 224 g/mol. The van der Waals surface area contributed by atoms with Crippen LogP contribution in [0.1, 0.15) is 20.3 Å². The minimum atomic E-state index is 0.168. The third-order valence-corrected chi connectivity index (χ3v) is 4.07. The number of likely N-dealkylation sites (N-methyl/N-ethyl adjacent to an activating group) is 1. The van der Waals surface area contributed by atoms with Crippen LogP contribution >= 0.6 is 0 Å². The van der Waals surface area contributed by atoms with Crippen LogP contribution in [0.4, 0.5) is 5.69 Å². The summed E-state index contributed by atoms with van der Waals surface area (Å²) in [6.07, 6.45) is 0.829. The van der Waals surface area contributed by atoms with Gasteiger partial charge in [0.05, 0.1) is 0 Å². The monoisotopic (exact) mass is 248 g/mol. The van der Waals surface area contributed by atoms with E-state index in [9.17, 15) is 5.11 Å². The Morgan fingerprint density at radius 3 is 2.56 bits per heavy atom. The molecule has 1 N–H and O–H groups in total. The number of aliphatic hydroxyl groups excluding tert-OH is 1. The quantitative estimate of drug-likeness (QED) is 0.886. The second-order valence-electron chi connectivity index (χ2n) is 5.82. The Labute approximate surface area is 110 Å². The predicted octanol–water partition coefficient (Wildman–Crippen LogP) is 1.97. The van der Waals surface area contributed by atoms with Crippen LogP contribution in [0, 0.1) is 0 Å². The zero-order valence-corrected chi connectivity index (χ0v) is 11.6. The number of piperazine rings is 1. The van der Waals surface area contributed by atoms with Crippen molar-refractivity contribution in [3.05, 3.63) is 30.3 Å². The fraction of sp³-hybridized carbons (Fsp3) is 0.600. The van der Waals surface area contributed by atoms with Crippen LogP contribution in [0.2, 0.25) is 0 Å². The van der Waals surface area contributed by atoms with E-state index in [1.165, 1.54) is 5.69 Å². The summed E-state index contributed by atoms with van der Waals surface area (Å²) >= 11 is 0. The summed E-state index contributed by atoms with van der Waals surface area (Å²) in [7, 11) is 2.17. The molecule has 3 nitrogen and oxygen atoms in total. The van der Waals surface area contributed by atoms with Gasteiger partial charge in [-0.05, 0) is 39.4 Å². The van der Waals surface area contributed by atoms with Crippen LogP contribution in [-0.4, -0.2) is 48.3 Å². The van der Waals surface area contributed by atoms with Gasteiger partial charge in [0.2, 0.25) is 0 Å². The first-order chi connectivity index (χ1) is 8.54. The molecule has 1 aliphatic rings. The normalized spacial score (nSPS) is 24.2. The molecule has 1 aliphatic heterocycles. The van der Waals surface area contributed by atoms with E-state index in [0.717, 1.165) is 19.5 Å². The van der Waals surface area contributed by atoms with E-state index in [2.05, 4.69) is 55.0 Å². The number of anilines is 1. The SMILES string of the molecule is CN1CC(CCO)N(c2ccccc2)CC1(C)C. The van der Waals surface area contributed by atoms with Crippen LogP contribution in [0.3, 0.4) is 0 Å². The first-order valence-corrected chi connectivity index (χ1v) is 6.68. The number of hydrogen-bond acceptors (Lipinski definition) is 3. The third-order valence-electron chi connectivity index (χ3n) is 4.07. The molecule has 1 heterocycles.